The van der Waals surface area contributed by atoms with Crippen molar-refractivity contribution in [1.29, 1.82) is 0 Å². The lowest BCUT2D eigenvalue weighted by atomic mass is 10.3. The molecule has 0 spiro atoms. The van der Waals surface area contributed by atoms with Crippen LogP contribution in [-0.4, -0.2) is 9.55 Å². The molecule has 0 aliphatic heterocycles. The Morgan fingerprint density at radius 1 is 1.50 bits per heavy atom. The van der Waals surface area contributed by atoms with E-state index in [1.54, 1.807) is 12.3 Å². The van der Waals surface area contributed by atoms with E-state index >= 15 is 0 Å². The molecule has 5 heteroatoms. The summed E-state index contributed by atoms with van der Waals surface area (Å²) in [5.41, 5.74) is 6.42. The number of hydrogen-bond acceptors (Lipinski definition) is 3. The average Bonchev–Trinajstić information content (AvgIpc) is 2.71. The first-order valence-electron chi connectivity index (χ1n) is 4.95. The second-order valence-corrected chi connectivity index (χ2v) is 4.11. The van der Waals surface area contributed by atoms with E-state index in [1.165, 1.54) is 0 Å². The van der Waals surface area contributed by atoms with Gasteiger partial charge in [-0.1, -0.05) is 6.07 Å². The van der Waals surface area contributed by atoms with Gasteiger partial charge in [0.2, 0.25) is 0 Å². The highest BCUT2D eigenvalue weighted by Crippen LogP contribution is 2.34. The fourth-order valence-corrected chi connectivity index (χ4v) is 1.83. The normalized spacial score (nSPS) is 10.4. The Balaban J connectivity index is 2.34. The summed E-state index contributed by atoms with van der Waals surface area (Å²) in [6.07, 6.45) is 3.56. The van der Waals surface area contributed by atoms with Gasteiger partial charge in [-0.2, -0.15) is 0 Å². The van der Waals surface area contributed by atoms with Gasteiger partial charge in [0.15, 0.2) is 5.75 Å². The zero-order valence-electron chi connectivity index (χ0n) is 8.85. The van der Waals surface area contributed by atoms with Crippen molar-refractivity contribution in [3.63, 3.8) is 0 Å². The van der Waals surface area contributed by atoms with Gasteiger partial charge in [0.05, 0.1) is 10.2 Å². The molecule has 2 aromatic rings. The van der Waals surface area contributed by atoms with Gasteiger partial charge in [-0.05, 0) is 35.0 Å². The number of anilines is 1. The van der Waals surface area contributed by atoms with Crippen molar-refractivity contribution in [3.05, 3.63) is 35.1 Å². The van der Waals surface area contributed by atoms with Crippen LogP contribution in [0.15, 0.2) is 35.1 Å². The summed E-state index contributed by atoms with van der Waals surface area (Å²) in [5, 5.41) is 0. The molecule has 84 valence electrons. The molecule has 0 saturated carbocycles. The maximum Gasteiger partial charge on any atom is 0.301 e. The third-order valence-electron chi connectivity index (χ3n) is 2.21. The van der Waals surface area contributed by atoms with Crippen LogP contribution in [0.4, 0.5) is 5.69 Å². The fourth-order valence-electron chi connectivity index (χ4n) is 1.37. The monoisotopic (exact) mass is 281 g/mol. The number of aryl methyl sites for hydroxylation is 1. The zero-order valence-corrected chi connectivity index (χ0v) is 10.4. The lowest BCUT2D eigenvalue weighted by Gasteiger charge is -2.10. The minimum Gasteiger partial charge on any atom is -0.422 e. The summed E-state index contributed by atoms with van der Waals surface area (Å²) in [6, 6.07) is 6.07. The number of aromatic nitrogens is 2. The summed E-state index contributed by atoms with van der Waals surface area (Å²) in [7, 11) is 0. The lowest BCUT2D eigenvalue weighted by Crippen LogP contribution is -1.99. The number of para-hydroxylation sites is 1. The molecular weight excluding hydrogens is 270 g/mol. The van der Waals surface area contributed by atoms with E-state index < -0.39 is 0 Å². The maximum absolute atomic E-state index is 5.84. The lowest BCUT2D eigenvalue weighted by molar-refractivity contribution is 0.415. The fraction of sp³-hybridized carbons (Fsp3) is 0.182. The van der Waals surface area contributed by atoms with Gasteiger partial charge in [-0.25, -0.2) is 4.98 Å². The second kappa shape index (κ2) is 4.57. The average molecular weight is 282 g/mol. The molecule has 2 rings (SSSR count). The molecule has 0 aliphatic rings. The van der Waals surface area contributed by atoms with Crippen LogP contribution in [0.3, 0.4) is 0 Å². The second-order valence-electron chi connectivity index (χ2n) is 3.26. The van der Waals surface area contributed by atoms with Gasteiger partial charge in [-0.3, -0.25) is 0 Å². The van der Waals surface area contributed by atoms with Crippen LogP contribution in [0, 0.1) is 0 Å². The highest BCUT2D eigenvalue weighted by molar-refractivity contribution is 9.10. The van der Waals surface area contributed by atoms with Crippen molar-refractivity contribution in [1.82, 2.24) is 9.55 Å². The van der Waals surface area contributed by atoms with Gasteiger partial charge in [-0.15, -0.1) is 0 Å². The largest absolute Gasteiger partial charge is 0.422 e. The number of halogens is 1. The van der Waals surface area contributed by atoms with E-state index in [0.29, 0.717) is 17.4 Å². The first kappa shape index (κ1) is 11.0. The molecular formula is C11H12BrN3O. The highest BCUT2D eigenvalue weighted by Gasteiger charge is 2.09. The van der Waals surface area contributed by atoms with Crippen molar-refractivity contribution in [3.8, 4) is 11.8 Å². The van der Waals surface area contributed by atoms with Gasteiger partial charge >= 0.3 is 6.01 Å². The van der Waals surface area contributed by atoms with Crippen molar-refractivity contribution in [2.75, 3.05) is 5.73 Å². The molecule has 2 N–H and O–H groups in total. The number of hydrogen-bond donors (Lipinski definition) is 1. The molecule has 0 atom stereocenters. The molecule has 0 bridgehead atoms. The minimum atomic E-state index is 0.543. The molecule has 1 aromatic carbocycles. The quantitative estimate of drug-likeness (QED) is 0.880. The number of ether oxygens (including phenoxy) is 1. The summed E-state index contributed by atoms with van der Waals surface area (Å²) < 4.78 is 8.40. The number of imidazole rings is 1. The molecule has 0 unspecified atom stereocenters. The summed E-state index contributed by atoms with van der Waals surface area (Å²) in [5.74, 6) is 0.600. The van der Waals surface area contributed by atoms with Gasteiger partial charge in [0.25, 0.3) is 0 Å². The molecule has 1 heterocycles. The summed E-state index contributed by atoms with van der Waals surface area (Å²) in [6.45, 7) is 2.83. The van der Waals surface area contributed by atoms with Gasteiger partial charge < -0.3 is 15.0 Å². The summed E-state index contributed by atoms with van der Waals surface area (Å²) in [4.78, 5) is 4.13. The molecule has 0 saturated heterocycles. The number of nitrogen functional groups attached to an aromatic ring is 1. The van der Waals surface area contributed by atoms with Crippen LogP contribution in [-0.2, 0) is 6.54 Å². The standard InChI is InChI=1S/C11H12BrN3O/c1-2-15-7-6-14-11(15)16-10-8(12)4-3-5-9(10)13/h3-7H,2,13H2,1H3. The van der Waals surface area contributed by atoms with Crippen molar-refractivity contribution in [2.24, 2.45) is 0 Å². The molecule has 0 fully saturated rings. The van der Waals surface area contributed by atoms with E-state index in [-0.39, 0.29) is 0 Å². The number of nitrogens with zero attached hydrogens (tertiary/aromatic N) is 2. The predicted octanol–water partition coefficient (Wildman–Crippen LogP) is 3.04. The van der Waals surface area contributed by atoms with Crippen LogP contribution in [0.1, 0.15) is 6.92 Å². The molecule has 16 heavy (non-hydrogen) atoms. The van der Waals surface area contributed by atoms with Crippen LogP contribution in [0.2, 0.25) is 0 Å². The predicted molar refractivity (Wildman–Crippen MR) is 66.5 cm³/mol. The Bertz CT molecular complexity index is 475. The first-order chi connectivity index (χ1) is 7.72. The smallest absolute Gasteiger partial charge is 0.301 e. The van der Waals surface area contributed by atoms with E-state index in [4.69, 9.17) is 10.5 Å². The Hall–Kier alpha value is -1.49. The molecule has 1 aromatic heterocycles. The van der Waals surface area contributed by atoms with E-state index in [0.717, 1.165) is 11.0 Å². The van der Waals surface area contributed by atoms with Crippen molar-refractivity contribution in [2.45, 2.75) is 13.5 Å². The Morgan fingerprint density at radius 3 is 3.00 bits per heavy atom. The van der Waals surface area contributed by atoms with Crippen LogP contribution >= 0.6 is 15.9 Å². The minimum absolute atomic E-state index is 0.543. The van der Waals surface area contributed by atoms with Crippen LogP contribution in [0.25, 0.3) is 0 Å². The third-order valence-corrected chi connectivity index (χ3v) is 2.83. The molecule has 0 aliphatic carbocycles. The summed E-state index contributed by atoms with van der Waals surface area (Å²) >= 11 is 3.40. The number of nitrogens with two attached hydrogens (primary N) is 1. The SMILES string of the molecule is CCn1ccnc1Oc1c(N)cccc1Br. The van der Waals surface area contributed by atoms with Crippen LogP contribution < -0.4 is 10.5 Å². The van der Waals surface area contributed by atoms with Crippen molar-refractivity contribution < 1.29 is 4.74 Å². The third kappa shape index (κ3) is 2.04. The molecule has 0 amide bonds. The topological polar surface area (TPSA) is 53.1 Å². The zero-order chi connectivity index (χ0) is 11.5. The maximum atomic E-state index is 5.84. The van der Waals surface area contributed by atoms with Crippen LogP contribution in [0.5, 0.6) is 11.8 Å². The van der Waals surface area contributed by atoms with Gasteiger partial charge in [0, 0.05) is 18.9 Å². The molecule has 4 nitrogen and oxygen atoms in total. The van der Waals surface area contributed by atoms with Crippen molar-refractivity contribution >= 4 is 21.6 Å². The number of benzene rings is 1. The Kier molecular flexibility index (Phi) is 3.14. The van der Waals surface area contributed by atoms with E-state index in [1.807, 2.05) is 29.8 Å². The molecule has 0 radical (unpaired) electrons. The van der Waals surface area contributed by atoms with Gasteiger partial charge in [0.1, 0.15) is 0 Å². The Morgan fingerprint density at radius 2 is 2.31 bits per heavy atom. The highest BCUT2D eigenvalue weighted by atomic mass is 79.9. The van der Waals surface area contributed by atoms with E-state index in [2.05, 4.69) is 20.9 Å². The first-order valence-corrected chi connectivity index (χ1v) is 5.74. The van der Waals surface area contributed by atoms with E-state index in [9.17, 15) is 0 Å². The Labute approximate surface area is 102 Å². The number of rotatable bonds is 3.